The van der Waals surface area contributed by atoms with E-state index >= 15 is 0 Å². The molecule has 0 saturated carbocycles. The summed E-state index contributed by atoms with van der Waals surface area (Å²) >= 11 is 0. The average Bonchev–Trinajstić information content (AvgIpc) is 2.78. The van der Waals surface area contributed by atoms with Crippen LogP contribution in [0, 0.1) is 0 Å². The van der Waals surface area contributed by atoms with Gasteiger partial charge in [0.15, 0.2) is 0 Å². The SMILES string of the molecule is CCCCCCCCCCCCCCCCCC(=O)O.CCCOC(C)COC(C)CO. The lowest BCUT2D eigenvalue weighted by atomic mass is 10.0. The quantitative estimate of drug-likeness (QED) is 0.154. The van der Waals surface area contributed by atoms with Gasteiger partial charge in [0.05, 0.1) is 25.4 Å². The molecule has 0 aromatic carbocycles. The number of carbonyl (C=O) groups is 1. The summed E-state index contributed by atoms with van der Waals surface area (Å²) < 4.78 is 10.7. The minimum absolute atomic E-state index is 0.0699. The number of aliphatic hydroxyl groups is 1. The van der Waals surface area contributed by atoms with Crippen molar-refractivity contribution in [1.82, 2.24) is 0 Å². The Balaban J connectivity index is 0. The Bertz CT molecular complexity index is 362. The minimum atomic E-state index is -0.653. The van der Waals surface area contributed by atoms with E-state index in [2.05, 4.69) is 13.8 Å². The molecule has 0 saturated heterocycles. The van der Waals surface area contributed by atoms with Gasteiger partial charge in [-0.25, -0.2) is 0 Å². The van der Waals surface area contributed by atoms with Crippen LogP contribution < -0.4 is 0 Å². The number of carboxylic acids is 1. The van der Waals surface area contributed by atoms with Gasteiger partial charge >= 0.3 is 5.97 Å². The zero-order valence-corrected chi connectivity index (χ0v) is 21.9. The molecule has 0 fully saturated rings. The van der Waals surface area contributed by atoms with Crippen molar-refractivity contribution < 1.29 is 24.5 Å². The summed E-state index contributed by atoms with van der Waals surface area (Å²) in [6.45, 7) is 9.56. The van der Waals surface area contributed by atoms with E-state index in [9.17, 15) is 4.79 Å². The van der Waals surface area contributed by atoms with E-state index in [1.54, 1.807) is 0 Å². The fraction of sp³-hybridized carbons (Fsp3) is 0.963. The van der Waals surface area contributed by atoms with Crippen LogP contribution in [0.15, 0.2) is 0 Å². The predicted molar refractivity (Wildman–Crippen MR) is 135 cm³/mol. The third kappa shape index (κ3) is 31.5. The summed E-state index contributed by atoms with van der Waals surface area (Å²) in [5.74, 6) is -0.653. The largest absolute Gasteiger partial charge is 0.481 e. The van der Waals surface area contributed by atoms with Crippen molar-refractivity contribution in [1.29, 1.82) is 0 Å². The standard InChI is InChI=1S/C18H36O2.C9H20O3/c1-2-3-4-5-6-7-8-9-10-11-12-13-14-15-16-17-18(19)20;1-4-5-11-9(3)7-12-8(2)6-10/h2-17H2,1H3,(H,19,20);8-10H,4-7H2,1-3H3. The van der Waals surface area contributed by atoms with Gasteiger partial charge < -0.3 is 19.7 Å². The summed E-state index contributed by atoms with van der Waals surface area (Å²) in [4.78, 5) is 10.3. The summed E-state index contributed by atoms with van der Waals surface area (Å²) in [6.07, 6.45) is 21.3. The maximum Gasteiger partial charge on any atom is 0.303 e. The number of aliphatic hydroxyl groups excluding tert-OH is 1. The normalized spacial score (nSPS) is 12.8. The highest BCUT2D eigenvalue weighted by Gasteiger charge is 2.05. The van der Waals surface area contributed by atoms with Crippen LogP contribution in [0.2, 0.25) is 0 Å². The van der Waals surface area contributed by atoms with Crippen LogP contribution in [0.3, 0.4) is 0 Å². The van der Waals surface area contributed by atoms with Gasteiger partial charge in [0, 0.05) is 13.0 Å². The highest BCUT2D eigenvalue weighted by Crippen LogP contribution is 2.13. The molecule has 0 heterocycles. The average molecular weight is 461 g/mol. The van der Waals surface area contributed by atoms with Crippen LogP contribution in [-0.4, -0.2) is 48.2 Å². The van der Waals surface area contributed by atoms with Crippen molar-refractivity contribution in [3.8, 4) is 0 Å². The molecular weight excluding hydrogens is 404 g/mol. The van der Waals surface area contributed by atoms with E-state index in [1.807, 2.05) is 13.8 Å². The lowest BCUT2D eigenvalue weighted by Gasteiger charge is -2.15. The Labute approximate surface area is 199 Å². The van der Waals surface area contributed by atoms with Gasteiger partial charge in [0.1, 0.15) is 0 Å². The van der Waals surface area contributed by atoms with E-state index in [0.717, 1.165) is 25.9 Å². The molecule has 0 bridgehead atoms. The summed E-state index contributed by atoms with van der Waals surface area (Å²) in [6, 6.07) is 0. The van der Waals surface area contributed by atoms with Gasteiger partial charge in [-0.2, -0.15) is 0 Å². The molecule has 194 valence electrons. The number of hydrogen-bond acceptors (Lipinski definition) is 4. The molecule has 0 aromatic heterocycles. The summed E-state index contributed by atoms with van der Waals surface area (Å²) in [5, 5.41) is 17.2. The van der Waals surface area contributed by atoms with E-state index in [4.69, 9.17) is 19.7 Å². The topological polar surface area (TPSA) is 76.0 Å². The van der Waals surface area contributed by atoms with E-state index in [1.165, 1.54) is 83.5 Å². The lowest BCUT2D eigenvalue weighted by Crippen LogP contribution is -2.22. The van der Waals surface area contributed by atoms with Gasteiger partial charge in [0.25, 0.3) is 0 Å². The first kappa shape index (κ1) is 33.5. The Kier molecular flexibility index (Phi) is 29.7. The van der Waals surface area contributed by atoms with Crippen LogP contribution in [0.4, 0.5) is 0 Å². The zero-order valence-electron chi connectivity index (χ0n) is 21.9. The Hall–Kier alpha value is -0.650. The van der Waals surface area contributed by atoms with Crippen molar-refractivity contribution >= 4 is 5.97 Å². The maximum atomic E-state index is 10.3. The van der Waals surface area contributed by atoms with Gasteiger partial charge in [-0.05, 0) is 26.7 Å². The molecule has 0 spiro atoms. The Morgan fingerprint density at radius 3 is 1.47 bits per heavy atom. The molecule has 0 aromatic rings. The third-order valence-electron chi connectivity index (χ3n) is 5.47. The molecule has 2 atom stereocenters. The summed E-state index contributed by atoms with van der Waals surface area (Å²) in [7, 11) is 0. The third-order valence-corrected chi connectivity index (χ3v) is 5.47. The van der Waals surface area contributed by atoms with Crippen molar-refractivity contribution in [2.24, 2.45) is 0 Å². The van der Waals surface area contributed by atoms with Crippen molar-refractivity contribution in [2.75, 3.05) is 19.8 Å². The van der Waals surface area contributed by atoms with Gasteiger partial charge in [-0.15, -0.1) is 0 Å². The minimum Gasteiger partial charge on any atom is -0.481 e. The van der Waals surface area contributed by atoms with Crippen LogP contribution in [0.1, 0.15) is 137 Å². The molecule has 0 aliphatic heterocycles. The molecule has 0 amide bonds. The number of unbranched alkanes of at least 4 members (excludes halogenated alkanes) is 14. The molecule has 2 N–H and O–H groups in total. The predicted octanol–water partition coefficient (Wildman–Crippen LogP) is 7.53. The second kappa shape index (κ2) is 28.4. The second-order valence-corrected chi connectivity index (χ2v) is 9.10. The van der Waals surface area contributed by atoms with Crippen LogP contribution >= 0.6 is 0 Å². The molecule has 0 rings (SSSR count). The molecule has 32 heavy (non-hydrogen) atoms. The maximum absolute atomic E-state index is 10.3. The van der Waals surface area contributed by atoms with E-state index < -0.39 is 5.97 Å². The zero-order chi connectivity index (χ0) is 24.3. The number of aliphatic carboxylic acids is 1. The van der Waals surface area contributed by atoms with Crippen LogP contribution in [0.25, 0.3) is 0 Å². The number of rotatable bonds is 23. The molecule has 2 unspecified atom stereocenters. The fourth-order valence-electron chi connectivity index (χ4n) is 3.37. The van der Waals surface area contributed by atoms with Crippen molar-refractivity contribution in [3.63, 3.8) is 0 Å². The first-order valence-corrected chi connectivity index (χ1v) is 13.5. The molecule has 0 aliphatic rings. The van der Waals surface area contributed by atoms with E-state index in [-0.39, 0.29) is 18.8 Å². The molecule has 5 heteroatoms. The van der Waals surface area contributed by atoms with Crippen LogP contribution in [0.5, 0.6) is 0 Å². The Morgan fingerprint density at radius 2 is 1.09 bits per heavy atom. The van der Waals surface area contributed by atoms with Gasteiger partial charge in [-0.3, -0.25) is 4.79 Å². The summed E-state index contributed by atoms with van der Waals surface area (Å²) in [5.41, 5.74) is 0. The first-order chi connectivity index (χ1) is 15.5. The fourth-order valence-corrected chi connectivity index (χ4v) is 3.37. The highest BCUT2D eigenvalue weighted by atomic mass is 16.5. The molecule has 5 nitrogen and oxygen atoms in total. The molecule has 0 radical (unpaired) electrons. The smallest absolute Gasteiger partial charge is 0.303 e. The molecular formula is C27H56O5. The number of carboxylic acid groups (broad SMARTS) is 1. The monoisotopic (exact) mass is 460 g/mol. The molecule has 0 aliphatic carbocycles. The highest BCUT2D eigenvalue weighted by molar-refractivity contribution is 5.66. The van der Waals surface area contributed by atoms with Crippen molar-refractivity contribution in [2.45, 2.75) is 149 Å². The number of hydrogen-bond donors (Lipinski definition) is 2. The van der Waals surface area contributed by atoms with Crippen LogP contribution in [-0.2, 0) is 14.3 Å². The lowest BCUT2D eigenvalue weighted by molar-refractivity contribution is -0.137. The van der Waals surface area contributed by atoms with Gasteiger partial charge in [-0.1, -0.05) is 104 Å². The van der Waals surface area contributed by atoms with Crippen molar-refractivity contribution in [3.05, 3.63) is 0 Å². The number of ether oxygens (including phenoxy) is 2. The first-order valence-electron chi connectivity index (χ1n) is 13.5. The second-order valence-electron chi connectivity index (χ2n) is 9.10. The van der Waals surface area contributed by atoms with E-state index in [0.29, 0.717) is 13.0 Å². The Morgan fingerprint density at radius 1 is 0.656 bits per heavy atom. The van der Waals surface area contributed by atoms with Gasteiger partial charge in [0.2, 0.25) is 0 Å².